The van der Waals surface area contributed by atoms with Crippen molar-refractivity contribution in [1.82, 2.24) is 20.1 Å². The van der Waals surface area contributed by atoms with Gasteiger partial charge in [-0.15, -0.1) is 10.2 Å². The number of rotatable bonds is 7. The molecule has 0 radical (unpaired) electrons. The zero-order valence-corrected chi connectivity index (χ0v) is 16.7. The maximum absolute atomic E-state index is 12.3. The van der Waals surface area contributed by atoms with Crippen LogP contribution < -0.4 is 10.6 Å². The quantitative estimate of drug-likeness (QED) is 0.593. The van der Waals surface area contributed by atoms with E-state index in [1.165, 1.54) is 11.8 Å². The lowest BCUT2D eigenvalue weighted by atomic mass is 10.2. The second-order valence-corrected chi connectivity index (χ2v) is 6.98. The van der Waals surface area contributed by atoms with E-state index in [2.05, 4.69) is 20.8 Å². The van der Waals surface area contributed by atoms with E-state index >= 15 is 0 Å². The van der Waals surface area contributed by atoms with Crippen LogP contribution in [0.5, 0.6) is 0 Å². The number of nitrogens with one attached hydrogen (secondary N) is 2. The Morgan fingerprint density at radius 3 is 2.79 bits per heavy atom. The van der Waals surface area contributed by atoms with Gasteiger partial charge in [0.15, 0.2) is 11.0 Å². The molecule has 3 rings (SSSR count). The van der Waals surface area contributed by atoms with Gasteiger partial charge in [-0.2, -0.15) is 0 Å². The van der Waals surface area contributed by atoms with Gasteiger partial charge in [0.25, 0.3) is 5.91 Å². The third kappa shape index (κ3) is 4.42. The molecule has 0 aliphatic carbocycles. The molecule has 0 aliphatic heterocycles. The highest BCUT2D eigenvalue weighted by atomic mass is 32.2. The summed E-state index contributed by atoms with van der Waals surface area (Å²) in [5.74, 6) is 1.25. The Kier molecular flexibility index (Phi) is 6.15. The number of nitrogens with zero attached hydrogens (tertiary/aromatic N) is 3. The standard InChI is InChI=1S/C19H21N5O3S/c1-4-20-18(26)13-6-5-7-14(10-13)21-16(25)11-28-19-23-22-17(24(19)3)15-8-9-27-12(15)2/h5-10H,4,11H2,1-3H3,(H,20,26)(H,21,25). The van der Waals surface area contributed by atoms with Crippen LogP contribution in [0.1, 0.15) is 23.0 Å². The van der Waals surface area contributed by atoms with E-state index in [1.54, 1.807) is 30.5 Å². The van der Waals surface area contributed by atoms with Crippen LogP contribution in [0, 0.1) is 6.92 Å². The van der Waals surface area contributed by atoms with Crippen molar-refractivity contribution >= 4 is 29.3 Å². The first-order valence-electron chi connectivity index (χ1n) is 8.74. The average molecular weight is 399 g/mol. The van der Waals surface area contributed by atoms with Gasteiger partial charge in [-0.3, -0.25) is 9.59 Å². The van der Waals surface area contributed by atoms with Crippen LogP contribution in [0.4, 0.5) is 5.69 Å². The number of carbonyl (C=O) groups excluding carboxylic acids is 2. The molecule has 9 heteroatoms. The molecule has 2 amide bonds. The topological polar surface area (TPSA) is 102 Å². The zero-order valence-electron chi connectivity index (χ0n) is 15.9. The molecule has 3 aromatic rings. The minimum atomic E-state index is -0.193. The number of amides is 2. The summed E-state index contributed by atoms with van der Waals surface area (Å²) in [5.41, 5.74) is 1.94. The fourth-order valence-electron chi connectivity index (χ4n) is 2.62. The molecule has 8 nitrogen and oxygen atoms in total. The molecule has 0 atom stereocenters. The maximum Gasteiger partial charge on any atom is 0.251 e. The van der Waals surface area contributed by atoms with E-state index in [9.17, 15) is 9.59 Å². The lowest BCUT2D eigenvalue weighted by Crippen LogP contribution is -2.23. The van der Waals surface area contributed by atoms with Gasteiger partial charge >= 0.3 is 0 Å². The monoisotopic (exact) mass is 399 g/mol. The molecule has 0 saturated carbocycles. The first-order chi connectivity index (χ1) is 13.5. The number of aromatic nitrogens is 3. The number of thioether (sulfide) groups is 1. The second kappa shape index (κ2) is 8.75. The Morgan fingerprint density at radius 2 is 2.07 bits per heavy atom. The van der Waals surface area contributed by atoms with Crippen molar-refractivity contribution in [3.63, 3.8) is 0 Å². The van der Waals surface area contributed by atoms with E-state index in [0.29, 0.717) is 28.8 Å². The summed E-state index contributed by atoms with van der Waals surface area (Å²) in [5, 5.41) is 14.5. The number of benzene rings is 1. The Balaban J connectivity index is 1.61. The highest BCUT2D eigenvalue weighted by molar-refractivity contribution is 7.99. The van der Waals surface area contributed by atoms with E-state index < -0.39 is 0 Å². The molecule has 0 fully saturated rings. The van der Waals surface area contributed by atoms with Gasteiger partial charge in [-0.1, -0.05) is 17.8 Å². The summed E-state index contributed by atoms with van der Waals surface area (Å²) in [6, 6.07) is 8.66. The molecule has 2 heterocycles. The molecule has 2 N–H and O–H groups in total. The molecular weight excluding hydrogens is 378 g/mol. The number of hydrogen-bond donors (Lipinski definition) is 2. The fraction of sp³-hybridized carbons (Fsp3) is 0.263. The molecule has 1 aromatic carbocycles. The molecule has 0 aliphatic rings. The van der Waals surface area contributed by atoms with Crippen LogP contribution in [0.2, 0.25) is 0 Å². The van der Waals surface area contributed by atoms with Crippen LogP contribution >= 0.6 is 11.8 Å². The fourth-order valence-corrected chi connectivity index (χ4v) is 3.33. The average Bonchev–Trinajstić information content (AvgIpc) is 3.25. The van der Waals surface area contributed by atoms with Crippen LogP contribution in [0.15, 0.2) is 46.2 Å². The summed E-state index contributed by atoms with van der Waals surface area (Å²) in [7, 11) is 1.85. The van der Waals surface area contributed by atoms with Crippen LogP contribution in [-0.4, -0.2) is 38.9 Å². The summed E-state index contributed by atoms with van der Waals surface area (Å²) >= 11 is 1.28. The van der Waals surface area contributed by atoms with Crippen molar-refractivity contribution in [2.24, 2.45) is 7.05 Å². The highest BCUT2D eigenvalue weighted by Crippen LogP contribution is 2.25. The van der Waals surface area contributed by atoms with Crippen molar-refractivity contribution in [2.45, 2.75) is 19.0 Å². The summed E-state index contributed by atoms with van der Waals surface area (Å²) in [6.45, 7) is 4.26. The predicted octanol–water partition coefficient (Wildman–Crippen LogP) is 2.86. The molecule has 146 valence electrons. The molecule has 0 saturated heterocycles. The van der Waals surface area contributed by atoms with Crippen LogP contribution in [-0.2, 0) is 11.8 Å². The molecule has 0 spiro atoms. The van der Waals surface area contributed by atoms with Crippen LogP contribution in [0.25, 0.3) is 11.4 Å². The summed E-state index contributed by atoms with van der Waals surface area (Å²) < 4.78 is 7.13. The normalized spacial score (nSPS) is 10.7. The predicted molar refractivity (Wildman–Crippen MR) is 107 cm³/mol. The van der Waals surface area contributed by atoms with Crippen molar-refractivity contribution in [2.75, 3.05) is 17.6 Å². The molecular formula is C19H21N5O3S. The Bertz CT molecular complexity index is 995. The van der Waals surface area contributed by atoms with E-state index in [1.807, 2.05) is 31.5 Å². The smallest absolute Gasteiger partial charge is 0.251 e. The van der Waals surface area contributed by atoms with Gasteiger partial charge in [-0.25, -0.2) is 0 Å². The van der Waals surface area contributed by atoms with E-state index in [4.69, 9.17) is 4.42 Å². The molecule has 0 unspecified atom stereocenters. The zero-order chi connectivity index (χ0) is 20.1. The van der Waals surface area contributed by atoms with Crippen LogP contribution in [0.3, 0.4) is 0 Å². The van der Waals surface area contributed by atoms with Gasteiger partial charge < -0.3 is 19.6 Å². The van der Waals surface area contributed by atoms with Crippen molar-refractivity contribution in [1.29, 1.82) is 0 Å². The SMILES string of the molecule is CCNC(=O)c1cccc(NC(=O)CSc2nnc(-c3ccoc3C)n2C)c1. The minimum Gasteiger partial charge on any atom is -0.469 e. The maximum atomic E-state index is 12.3. The van der Waals surface area contributed by atoms with Gasteiger partial charge in [-0.05, 0) is 38.1 Å². The molecule has 28 heavy (non-hydrogen) atoms. The van der Waals surface area contributed by atoms with Gasteiger partial charge in [0.1, 0.15) is 5.76 Å². The van der Waals surface area contributed by atoms with Gasteiger partial charge in [0.05, 0.1) is 17.6 Å². The Labute approximate surface area is 166 Å². The summed E-state index contributed by atoms with van der Waals surface area (Å²) in [4.78, 5) is 24.2. The first-order valence-corrected chi connectivity index (χ1v) is 9.73. The number of hydrogen-bond acceptors (Lipinski definition) is 6. The van der Waals surface area contributed by atoms with Crippen molar-refractivity contribution < 1.29 is 14.0 Å². The first kappa shape index (κ1) is 19.7. The minimum absolute atomic E-state index is 0.168. The third-order valence-corrected chi connectivity index (χ3v) is 5.03. The molecule has 0 bridgehead atoms. The lowest BCUT2D eigenvalue weighted by molar-refractivity contribution is -0.113. The highest BCUT2D eigenvalue weighted by Gasteiger charge is 2.16. The number of furan rings is 1. The third-order valence-electron chi connectivity index (χ3n) is 4.01. The number of carbonyl (C=O) groups is 2. The lowest BCUT2D eigenvalue weighted by Gasteiger charge is -2.07. The van der Waals surface area contributed by atoms with Gasteiger partial charge in [0.2, 0.25) is 5.91 Å². The Hall–Kier alpha value is -3.07. The largest absolute Gasteiger partial charge is 0.469 e. The Morgan fingerprint density at radius 1 is 1.25 bits per heavy atom. The van der Waals surface area contributed by atoms with E-state index in [0.717, 1.165) is 11.3 Å². The summed E-state index contributed by atoms with van der Waals surface area (Å²) in [6.07, 6.45) is 1.61. The second-order valence-electron chi connectivity index (χ2n) is 6.03. The number of anilines is 1. The number of aryl methyl sites for hydroxylation is 1. The van der Waals surface area contributed by atoms with Crippen molar-refractivity contribution in [3.05, 3.63) is 47.9 Å². The molecule has 2 aromatic heterocycles. The van der Waals surface area contributed by atoms with Gasteiger partial charge in [0, 0.05) is 24.8 Å². The van der Waals surface area contributed by atoms with Crippen molar-refractivity contribution in [3.8, 4) is 11.4 Å². The van der Waals surface area contributed by atoms with E-state index in [-0.39, 0.29) is 17.6 Å².